The first-order valence-electron chi connectivity index (χ1n) is 9.39. The fraction of sp³-hybridized carbons (Fsp3) is 0.182. The summed E-state index contributed by atoms with van der Waals surface area (Å²) >= 11 is 1.54. The highest BCUT2D eigenvalue weighted by Gasteiger charge is 2.38. The Kier molecular flexibility index (Phi) is 5.68. The summed E-state index contributed by atoms with van der Waals surface area (Å²) in [6.45, 7) is 0.370. The molecule has 0 aliphatic carbocycles. The maximum absolute atomic E-state index is 13.1. The number of anilines is 1. The summed E-state index contributed by atoms with van der Waals surface area (Å²) in [6.07, 6.45) is 0.976. The Bertz CT molecular complexity index is 1150. The predicted molar refractivity (Wildman–Crippen MR) is 114 cm³/mol. The fourth-order valence-corrected chi connectivity index (χ4v) is 4.16. The molecule has 1 amide bonds. The number of thiophene rings is 1. The molecule has 0 bridgehead atoms. The number of hydrogen-bond acceptors (Lipinski definition) is 8. The summed E-state index contributed by atoms with van der Waals surface area (Å²) in [6, 6.07) is 11.8. The molecule has 158 valence electrons. The van der Waals surface area contributed by atoms with E-state index in [1.165, 1.54) is 32.4 Å². The van der Waals surface area contributed by atoms with E-state index in [1.54, 1.807) is 34.6 Å². The molecule has 2 aromatic heterocycles. The van der Waals surface area contributed by atoms with Gasteiger partial charge in [-0.25, -0.2) is 9.59 Å². The smallest absolute Gasteiger partial charge is 0.339 e. The van der Waals surface area contributed by atoms with Crippen LogP contribution in [0.25, 0.3) is 0 Å². The standard InChI is InChI=1S/C22H19N3O5S/c1-29-21(27)13-7-8-15(22(28)30-2)17(11-13)24-19-18-16(6-3-9-23-18)20(26)25(19)12-14-5-4-10-31-14/h3-11,19,24H,12H2,1-2H3/t19-/m1/s1. The van der Waals surface area contributed by atoms with Crippen LogP contribution in [0.4, 0.5) is 5.69 Å². The molecule has 8 nitrogen and oxygen atoms in total. The minimum atomic E-state index is -0.637. The second kappa shape index (κ2) is 8.57. The lowest BCUT2D eigenvalue weighted by molar-refractivity contribution is 0.0587. The van der Waals surface area contributed by atoms with Gasteiger partial charge in [0.25, 0.3) is 5.91 Å². The zero-order valence-electron chi connectivity index (χ0n) is 16.8. The number of amides is 1. The molecular formula is C22H19N3O5S. The Morgan fingerprint density at radius 2 is 1.94 bits per heavy atom. The number of pyridine rings is 1. The van der Waals surface area contributed by atoms with Crippen molar-refractivity contribution in [1.29, 1.82) is 0 Å². The molecule has 9 heteroatoms. The quantitative estimate of drug-likeness (QED) is 0.590. The van der Waals surface area contributed by atoms with Crippen molar-refractivity contribution in [1.82, 2.24) is 9.88 Å². The van der Waals surface area contributed by atoms with Crippen molar-refractivity contribution in [2.24, 2.45) is 0 Å². The molecule has 0 radical (unpaired) electrons. The summed E-state index contributed by atoms with van der Waals surface area (Å²) in [5.74, 6) is -1.29. The average molecular weight is 437 g/mol. The second-order valence-electron chi connectivity index (χ2n) is 6.74. The van der Waals surface area contributed by atoms with Crippen molar-refractivity contribution in [3.05, 3.63) is 81.3 Å². The first-order chi connectivity index (χ1) is 15.0. The number of hydrogen-bond donors (Lipinski definition) is 1. The van der Waals surface area contributed by atoms with E-state index in [-0.39, 0.29) is 17.0 Å². The van der Waals surface area contributed by atoms with Gasteiger partial charge >= 0.3 is 11.9 Å². The maximum Gasteiger partial charge on any atom is 0.339 e. The molecule has 31 heavy (non-hydrogen) atoms. The van der Waals surface area contributed by atoms with Gasteiger partial charge in [-0.15, -0.1) is 11.3 Å². The van der Waals surface area contributed by atoms with Crippen LogP contribution in [-0.4, -0.2) is 41.9 Å². The van der Waals surface area contributed by atoms with E-state index in [0.717, 1.165) is 4.88 Å². The van der Waals surface area contributed by atoms with Gasteiger partial charge in [-0.1, -0.05) is 6.07 Å². The molecule has 0 fully saturated rings. The first kappa shape index (κ1) is 20.5. The number of ether oxygens (including phenoxy) is 2. The van der Waals surface area contributed by atoms with Gasteiger partial charge in [-0.05, 0) is 41.8 Å². The third-order valence-electron chi connectivity index (χ3n) is 4.94. The van der Waals surface area contributed by atoms with Gasteiger partial charge < -0.3 is 19.7 Å². The lowest BCUT2D eigenvalue weighted by Crippen LogP contribution is -2.32. The highest BCUT2D eigenvalue weighted by molar-refractivity contribution is 7.09. The second-order valence-corrected chi connectivity index (χ2v) is 7.77. The molecule has 1 atom stereocenters. The number of nitrogens with one attached hydrogen (secondary N) is 1. The van der Waals surface area contributed by atoms with Crippen LogP contribution < -0.4 is 5.32 Å². The molecule has 3 aromatic rings. The Morgan fingerprint density at radius 3 is 2.65 bits per heavy atom. The van der Waals surface area contributed by atoms with Gasteiger partial charge in [0.2, 0.25) is 0 Å². The monoisotopic (exact) mass is 437 g/mol. The summed E-state index contributed by atoms with van der Waals surface area (Å²) in [7, 11) is 2.56. The first-order valence-corrected chi connectivity index (χ1v) is 10.3. The van der Waals surface area contributed by atoms with E-state index < -0.39 is 18.1 Å². The summed E-state index contributed by atoms with van der Waals surface area (Å²) in [4.78, 5) is 44.5. The van der Waals surface area contributed by atoms with Gasteiger partial charge in [-0.3, -0.25) is 9.78 Å². The van der Waals surface area contributed by atoms with E-state index in [4.69, 9.17) is 9.47 Å². The molecule has 3 heterocycles. The molecule has 0 unspecified atom stereocenters. The third kappa shape index (κ3) is 3.87. The molecule has 0 saturated heterocycles. The van der Waals surface area contributed by atoms with E-state index in [9.17, 15) is 14.4 Å². The van der Waals surface area contributed by atoms with E-state index in [2.05, 4.69) is 10.3 Å². The predicted octanol–water partition coefficient (Wildman–Crippen LogP) is 3.48. The molecule has 1 aliphatic heterocycles. The molecule has 1 aliphatic rings. The summed E-state index contributed by atoms with van der Waals surface area (Å²) < 4.78 is 9.68. The Hall–Kier alpha value is -3.72. The van der Waals surface area contributed by atoms with Crippen molar-refractivity contribution in [2.75, 3.05) is 19.5 Å². The van der Waals surface area contributed by atoms with Gasteiger partial charge in [-0.2, -0.15) is 0 Å². The summed E-state index contributed by atoms with van der Waals surface area (Å²) in [5.41, 5.74) is 1.85. The Balaban J connectivity index is 1.77. The third-order valence-corrected chi connectivity index (χ3v) is 5.81. The van der Waals surface area contributed by atoms with Crippen molar-refractivity contribution in [2.45, 2.75) is 12.7 Å². The number of methoxy groups -OCH3 is 2. The van der Waals surface area contributed by atoms with Crippen LogP contribution in [0.3, 0.4) is 0 Å². The number of fused-ring (bicyclic) bond motifs is 1. The van der Waals surface area contributed by atoms with Crippen molar-refractivity contribution < 1.29 is 23.9 Å². The number of rotatable bonds is 6. The lowest BCUT2D eigenvalue weighted by atomic mass is 10.1. The van der Waals surface area contributed by atoms with Crippen LogP contribution in [0.2, 0.25) is 0 Å². The zero-order chi connectivity index (χ0) is 22.0. The van der Waals surface area contributed by atoms with Gasteiger partial charge in [0.1, 0.15) is 6.17 Å². The molecule has 1 aromatic carbocycles. The zero-order valence-corrected chi connectivity index (χ0v) is 17.6. The van der Waals surface area contributed by atoms with Gasteiger partial charge in [0.05, 0.1) is 48.8 Å². The number of nitrogens with zero attached hydrogens (tertiary/aromatic N) is 2. The highest BCUT2D eigenvalue weighted by Crippen LogP contribution is 2.36. The van der Waals surface area contributed by atoms with Crippen LogP contribution >= 0.6 is 11.3 Å². The number of carbonyl (C=O) groups excluding carboxylic acids is 3. The molecule has 0 spiro atoms. The minimum Gasteiger partial charge on any atom is -0.465 e. The van der Waals surface area contributed by atoms with Crippen LogP contribution in [0, 0.1) is 0 Å². The van der Waals surface area contributed by atoms with Crippen molar-refractivity contribution >= 4 is 34.9 Å². The van der Waals surface area contributed by atoms with Crippen LogP contribution in [0.5, 0.6) is 0 Å². The van der Waals surface area contributed by atoms with Gasteiger partial charge in [0, 0.05) is 11.1 Å². The van der Waals surface area contributed by atoms with Crippen molar-refractivity contribution in [3.63, 3.8) is 0 Å². The molecular weight excluding hydrogens is 418 g/mol. The van der Waals surface area contributed by atoms with E-state index in [0.29, 0.717) is 23.5 Å². The van der Waals surface area contributed by atoms with Gasteiger partial charge in [0.15, 0.2) is 0 Å². The SMILES string of the molecule is COC(=O)c1ccc(C(=O)OC)c(N[C@H]2c3ncccc3C(=O)N2Cc2cccs2)c1. The van der Waals surface area contributed by atoms with Crippen LogP contribution in [0.1, 0.15) is 47.8 Å². The number of esters is 2. The van der Waals surface area contributed by atoms with E-state index >= 15 is 0 Å². The lowest BCUT2D eigenvalue weighted by Gasteiger charge is -2.27. The minimum absolute atomic E-state index is 0.169. The molecule has 0 saturated carbocycles. The highest BCUT2D eigenvalue weighted by atomic mass is 32.1. The maximum atomic E-state index is 13.1. The largest absolute Gasteiger partial charge is 0.465 e. The summed E-state index contributed by atoms with van der Waals surface area (Å²) in [5, 5.41) is 5.18. The Morgan fingerprint density at radius 1 is 1.13 bits per heavy atom. The van der Waals surface area contributed by atoms with Crippen molar-refractivity contribution in [3.8, 4) is 0 Å². The fourth-order valence-electron chi connectivity index (χ4n) is 3.46. The molecule has 4 rings (SSSR count). The average Bonchev–Trinajstić information content (AvgIpc) is 3.41. The number of aromatic nitrogens is 1. The van der Waals surface area contributed by atoms with Crippen LogP contribution in [0.15, 0.2) is 54.0 Å². The molecule has 1 N–H and O–H groups in total. The number of benzene rings is 1. The normalized spacial score (nSPS) is 14.8. The Labute approximate surface area is 182 Å². The topological polar surface area (TPSA) is 97.8 Å². The number of carbonyl (C=O) groups is 3. The van der Waals surface area contributed by atoms with E-state index in [1.807, 2.05) is 17.5 Å². The van der Waals surface area contributed by atoms with Crippen LogP contribution in [-0.2, 0) is 16.0 Å².